The van der Waals surface area contributed by atoms with Gasteiger partial charge in [-0.05, 0) is 0 Å². The minimum absolute atomic E-state index is 1.38. The Balaban J connectivity index is 3.47. The van der Waals surface area contributed by atoms with Crippen LogP contribution in [-0.2, 0) is 0 Å². The molecule has 0 saturated carbocycles. The first-order chi connectivity index (χ1) is 2.00. The van der Waals surface area contributed by atoms with Gasteiger partial charge in [-0.15, -0.1) is 0 Å². The molecule has 0 aliphatic carbocycles. The van der Waals surface area contributed by atoms with Crippen molar-refractivity contribution in [3.63, 3.8) is 0 Å². The molecule has 0 saturated heterocycles. The summed E-state index contributed by atoms with van der Waals surface area (Å²) in [6.45, 7) is 0. The molecule has 0 bridgehead atoms. The predicted molar refractivity (Wildman–Crippen MR) is 30.0 cm³/mol. The van der Waals surface area contributed by atoms with Gasteiger partial charge in [-0.25, -0.2) is 0 Å². The van der Waals surface area contributed by atoms with Crippen molar-refractivity contribution in [1.82, 2.24) is 0 Å². The van der Waals surface area contributed by atoms with E-state index >= 15 is 0 Å². The second-order valence-electron chi connectivity index (χ2n) is 1.94. The van der Waals surface area contributed by atoms with E-state index in [1.54, 1.807) is 0 Å². The Hall–Kier alpha value is 0.428. The van der Waals surface area contributed by atoms with E-state index in [-0.39, 0.29) is 0 Å². The fraction of sp³-hybridized carbons (Fsp3) is 0.500. The van der Waals surface area contributed by atoms with Crippen molar-refractivity contribution in [1.29, 1.82) is 0 Å². The third kappa shape index (κ3) is 142. The van der Waals surface area contributed by atoms with Crippen LogP contribution in [0.3, 0.4) is 0 Å². The van der Waals surface area contributed by atoms with E-state index in [1.807, 2.05) is 0 Å². The standard InChI is InChI=1S/C4H10As/c1-5(2,3)4/h1-2H2,3-4H3/q-1. The summed E-state index contributed by atoms with van der Waals surface area (Å²) in [5, 5.41) is 3.83. The summed E-state index contributed by atoms with van der Waals surface area (Å²) in [5.74, 6) is 0. The molecular weight excluding hydrogens is 123 g/mol. The van der Waals surface area contributed by atoms with Crippen LogP contribution < -0.4 is 0 Å². The molecule has 0 aromatic rings. The average molecular weight is 133 g/mol. The Labute approximate surface area is 36.2 Å². The molecule has 0 aromatic heterocycles. The van der Waals surface area contributed by atoms with Crippen molar-refractivity contribution < 1.29 is 0 Å². The Morgan fingerprint density at radius 2 is 1.60 bits per heavy atom. The molecule has 0 amide bonds. The van der Waals surface area contributed by atoms with Crippen molar-refractivity contribution in [2.45, 2.75) is 11.4 Å². The van der Waals surface area contributed by atoms with Crippen LogP contribution in [0.2, 0.25) is 11.4 Å². The molecule has 0 aromatic carbocycles. The second-order valence-corrected chi connectivity index (χ2v) is 10.1. The van der Waals surface area contributed by atoms with E-state index in [1.165, 1.54) is 0 Å². The van der Waals surface area contributed by atoms with E-state index in [0.29, 0.717) is 0 Å². The molecule has 0 aliphatic heterocycles. The van der Waals surface area contributed by atoms with E-state index in [4.69, 9.17) is 0 Å². The fourth-order valence-electron chi connectivity index (χ4n) is 0. The molecule has 0 radical (unpaired) electrons. The molecule has 0 heterocycles. The third-order valence-corrected chi connectivity index (χ3v) is 0. The Kier molecular flexibility index (Phi) is 1.37. The predicted octanol–water partition coefficient (Wildman–Crippen LogP) is 1.08. The Morgan fingerprint density at radius 3 is 1.60 bits per heavy atom. The van der Waals surface area contributed by atoms with E-state index < -0.39 is 13.1 Å². The monoisotopic (exact) mass is 133 g/mol. The van der Waals surface area contributed by atoms with Gasteiger partial charge in [-0.3, -0.25) is 0 Å². The molecule has 0 nitrogen and oxygen atoms in total. The van der Waals surface area contributed by atoms with Gasteiger partial charge in [0, 0.05) is 0 Å². The number of hydrogen-bond acceptors (Lipinski definition) is 0. The molecule has 5 heavy (non-hydrogen) atoms. The van der Waals surface area contributed by atoms with Gasteiger partial charge in [0.1, 0.15) is 0 Å². The van der Waals surface area contributed by atoms with Gasteiger partial charge in [-0.1, -0.05) is 0 Å². The zero-order chi connectivity index (χ0) is 4.50. The number of hydrogen-bond donors (Lipinski definition) is 0. The first-order valence-corrected chi connectivity index (χ1v) is 7.93. The van der Waals surface area contributed by atoms with Crippen molar-refractivity contribution in [3.05, 3.63) is 5.71 Å². The molecule has 0 N–H and O–H groups in total. The molecule has 0 rings (SSSR count). The van der Waals surface area contributed by atoms with Gasteiger partial charge in [0.05, 0.1) is 0 Å². The van der Waals surface area contributed by atoms with Crippen LogP contribution in [0.4, 0.5) is 0 Å². The van der Waals surface area contributed by atoms with Crippen LogP contribution in [0.15, 0.2) is 0 Å². The maximum absolute atomic E-state index is 3.83. The molecule has 0 fully saturated rings. The first-order valence-electron chi connectivity index (χ1n) is 1.53. The van der Waals surface area contributed by atoms with E-state index in [2.05, 4.69) is 22.4 Å². The average Bonchev–Trinajstić information content (AvgIpc) is 0.722. The summed E-state index contributed by atoms with van der Waals surface area (Å²) in [7, 11) is 0. The van der Waals surface area contributed by atoms with Crippen molar-refractivity contribution in [2.75, 3.05) is 0 Å². The van der Waals surface area contributed by atoms with Crippen LogP contribution in [0.25, 0.3) is 0 Å². The molecule has 0 spiro atoms. The summed E-state index contributed by atoms with van der Waals surface area (Å²) < 4.78 is 0. The van der Waals surface area contributed by atoms with Gasteiger partial charge in [0.15, 0.2) is 0 Å². The van der Waals surface area contributed by atoms with E-state index in [0.717, 1.165) is 0 Å². The van der Waals surface area contributed by atoms with Gasteiger partial charge >= 0.3 is 35.6 Å². The van der Waals surface area contributed by atoms with Gasteiger partial charge in [0.2, 0.25) is 0 Å². The van der Waals surface area contributed by atoms with E-state index in [9.17, 15) is 0 Å². The van der Waals surface area contributed by atoms with Crippen molar-refractivity contribution in [3.8, 4) is 0 Å². The normalized spacial score (nSPS) is 11.8. The Bertz CT molecular complexity index is 49.8. The van der Waals surface area contributed by atoms with Crippen LogP contribution in [0.1, 0.15) is 0 Å². The van der Waals surface area contributed by atoms with Crippen LogP contribution >= 0.6 is 0 Å². The third-order valence-electron chi connectivity index (χ3n) is 0. The quantitative estimate of drug-likeness (QED) is 0.342. The minimum atomic E-state index is -1.38. The summed E-state index contributed by atoms with van der Waals surface area (Å²) in [4.78, 5) is 0. The second kappa shape index (κ2) is 1.26. The summed E-state index contributed by atoms with van der Waals surface area (Å²) in [6, 6.07) is 0. The van der Waals surface area contributed by atoms with Gasteiger partial charge in [-0.2, -0.15) is 0 Å². The molecule has 0 unspecified atom stereocenters. The summed E-state index contributed by atoms with van der Waals surface area (Å²) >= 11 is -1.38. The molecule has 0 atom stereocenters. The fourth-order valence-corrected chi connectivity index (χ4v) is 0. The molecule has 0 aliphatic rings. The van der Waals surface area contributed by atoms with Gasteiger partial charge in [0.25, 0.3) is 0 Å². The SMILES string of the molecule is C=[As]([CH2-])(C)C. The van der Waals surface area contributed by atoms with Crippen molar-refractivity contribution in [2.24, 2.45) is 0 Å². The van der Waals surface area contributed by atoms with Crippen LogP contribution in [0.5, 0.6) is 0 Å². The first kappa shape index (κ1) is 5.43. The zero-order valence-electron chi connectivity index (χ0n) is 3.86. The zero-order valence-corrected chi connectivity index (χ0v) is 5.74. The summed E-state index contributed by atoms with van der Waals surface area (Å²) in [5.41, 5.74) is 8.11. The van der Waals surface area contributed by atoms with Crippen molar-refractivity contribution >= 4 is 18.4 Å². The van der Waals surface area contributed by atoms with Crippen LogP contribution in [0, 0.1) is 5.71 Å². The molecule has 32 valence electrons. The molecule has 1 heteroatoms. The Morgan fingerprint density at radius 1 is 1.60 bits per heavy atom. The van der Waals surface area contributed by atoms with Gasteiger partial charge < -0.3 is 0 Å². The maximum atomic E-state index is 3.83. The summed E-state index contributed by atoms with van der Waals surface area (Å²) in [6.07, 6.45) is 0. The van der Waals surface area contributed by atoms with Crippen LogP contribution in [-0.4, -0.2) is 18.4 Å². The topological polar surface area (TPSA) is 0 Å². The molecular formula is C4H10As-. The number of rotatable bonds is 0.